The van der Waals surface area contributed by atoms with Gasteiger partial charge in [-0.3, -0.25) is 10.1 Å². The van der Waals surface area contributed by atoms with Crippen LogP contribution < -0.4 is 4.74 Å². The van der Waals surface area contributed by atoms with Crippen LogP contribution in [0.5, 0.6) is 5.75 Å². The summed E-state index contributed by atoms with van der Waals surface area (Å²) in [4.78, 5) is 4.35. The number of pyridine rings is 1. The first-order chi connectivity index (χ1) is 9.38. The van der Waals surface area contributed by atoms with Crippen LogP contribution in [0.4, 0.5) is 0 Å². The molecule has 94 valence electrons. The highest BCUT2D eigenvalue weighted by Gasteiger charge is 2.10. The highest BCUT2D eigenvalue weighted by atomic mass is 16.5. The van der Waals surface area contributed by atoms with E-state index >= 15 is 0 Å². The SMILES string of the molecule is COc1ccc(-c2cn[nH]c2-c2ccccn2)cc1. The number of rotatable bonds is 3. The molecule has 0 saturated carbocycles. The Bertz CT molecular complexity index is 659. The Morgan fingerprint density at radius 2 is 1.89 bits per heavy atom. The van der Waals surface area contributed by atoms with Gasteiger partial charge in [-0.1, -0.05) is 18.2 Å². The molecule has 2 aromatic heterocycles. The lowest BCUT2D eigenvalue weighted by Crippen LogP contribution is -1.86. The largest absolute Gasteiger partial charge is 0.497 e. The Morgan fingerprint density at radius 1 is 1.05 bits per heavy atom. The molecule has 0 spiro atoms. The highest BCUT2D eigenvalue weighted by Crippen LogP contribution is 2.29. The molecular formula is C15H13N3O. The van der Waals surface area contributed by atoms with Gasteiger partial charge in [0.25, 0.3) is 0 Å². The second-order valence-corrected chi connectivity index (χ2v) is 4.10. The van der Waals surface area contributed by atoms with Crippen molar-refractivity contribution < 1.29 is 4.74 Å². The minimum absolute atomic E-state index is 0.839. The normalized spacial score (nSPS) is 10.4. The van der Waals surface area contributed by atoms with Gasteiger partial charge in [0.1, 0.15) is 5.75 Å². The third-order valence-corrected chi connectivity index (χ3v) is 2.96. The van der Waals surface area contributed by atoms with Crippen LogP contribution in [-0.4, -0.2) is 22.3 Å². The van der Waals surface area contributed by atoms with Crippen molar-refractivity contribution >= 4 is 0 Å². The Morgan fingerprint density at radius 3 is 2.58 bits per heavy atom. The molecule has 1 aromatic carbocycles. The van der Waals surface area contributed by atoms with Gasteiger partial charge in [0.2, 0.25) is 0 Å². The van der Waals surface area contributed by atoms with E-state index in [4.69, 9.17) is 4.74 Å². The minimum atomic E-state index is 0.839. The summed E-state index contributed by atoms with van der Waals surface area (Å²) < 4.78 is 5.17. The van der Waals surface area contributed by atoms with Gasteiger partial charge in [-0.05, 0) is 29.8 Å². The lowest BCUT2D eigenvalue weighted by molar-refractivity contribution is 0.415. The van der Waals surface area contributed by atoms with Crippen molar-refractivity contribution in [3.8, 4) is 28.3 Å². The van der Waals surface area contributed by atoms with Crippen molar-refractivity contribution in [2.24, 2.45) is 0 Å². The van der Waals surface area contributed by atoms with Gasteiger partial charge in [0.15, 0.2) is 0 Å². The van der Waals surface area contributed by atoms with Gasteiger partial charge in [0, 0.05) is 11.8 Å². The average Bonchev–Trinajstić information content (AvgIpc) is 2.98. The maximum atomic E-state index is 5.17. The van der Waals surface area contributed by atoms with Crippen LogP contribution >= 0.6 is 0 Å². The quantitative estimate of drug-likeness (QED) is 0.778. The van der Waals surface area contributed by atoms with E-state index in [0.717, 1.165) is 28.3 Å². The zero-order valence-corrected chi connectivity index (χ0v) is 10.5. The average molecular weight is 251 g/mol. The van der Waals surface area contributed by atoms with Crippen LogP contribution in [0.3, 0.4) is 0 Å². The fourth-order valence-corrected chi connectivity index (χ4v) is 1.98. The van der Waals surface area contributed by atoms with Gasteiger partial charge >= 0.3 is 0 Å². The summed E-state index contributed by atoms with van der Waals surface area (Å²) in [5, 5.41) is 7.13. The predicted molar refractivity (Wildman–Crippen MR) is 73.8 cm³/mol. The third kappa shape index (κ3) is 2.20. The first kappa shape index (κ1) is 11.5. The summed E-state index contributed by atoms with van der Waals surface area (Å²) in [6, 6.07) is 13.7. The molecule has 3 rings (SSSR count). The van der Waals surface area contributed by atoms with Gasteiger partial charge in [0.05, 0.1) is 24.7 Å². The smallest absolute Gasteiger partial charge is 0.118 e. The van der Waals surface area contributed by atoms with Crippen LogP contribution in [0.2, 0.25) is 0 Å². The second kappa shape index (κ2) is 4.94. The van der Waals surface area contributed by atoms with Crippen LogP contribution in [0.1, 0.15) is 0 Å². The van der Waals surface area contributed by atoms with Gasteiger partial charge in [-0.2, -0.15) is 5.10 Å². The molecule has 0 aliphatic carbocycles. The predicted octanol–water partition coefficient (Wildman–Crippen LogP) is 3.15. The molecule has 0 aliphatic heterocycles. The first-order valence-electron chi connectivity index (χ1n) is 5.97. The number of nitrogens with one attached hydrogen (secondary N) is 1. The molecule has 0 amide bonds. The van der Waals surface area contributed by atoms with E-state index in [-0.39, 0.29) is 0 Å². The van der Waals surface area contributed by atoms with Crippen molar-refractivity contribution in [1.82, 2.24) is 15.2 Å². The summed E-state index contributed by atoms with van der Waals surface area (Å²) in [6.07, 6.45) is 3.58. The lowest BCUT2D eigenvalue weighted by Gasteiger charge is -2.04. The lowest BCUT2D eigenvalue weighted by atomic mass is 10.0. The monoisotopic (exact) mass is 251 g/mol. The highest BCUT2D eigenvalue weighted by molar-refractivity contribution is 5.78. The molecular weight excluding hydrogens is 238 g/mol. The number of ether oxygens (including phenoxy) is 1. The molecule has 1 N–H and O–H groups in total. The van der Waals surface area contributed by atoms with Crippen LogP contribution in [0, 0.1) is 0 Å². The molecule has 2 heterocycles. The van der Waals surface area contributed by atoms with Gasteiger partial charge < -0.3 is 4.74 Å². The number of aromatic amines is 1. The number of methoxy groups -OCH3 is 1. The molecule has 0 aliphatic rings. The molecule has 0 unspecified atom stereocenters. The topological polar surface area (TPSA) is 50.8 Å². The summed E-state index contributed by atoms with van der Waals surface area (Å²) in [7, 11) is 1.66. The zero-order chi connectivity index (χ0) is 13.1. The number of aromatic nitrogens is 3. The van der Waals surface area contributed by atoms with Gasteiger partial charge in [-0.25, -0.2) is 0 Å². The summed E-state index contributed by atoms with van der Waals surface area (Å²) in [6.45, 7) is 0. The van der Waals surface area contributed by atoms with Crippen molar-refractivity contribution in [2.45, 2.75) is 0 Å². The first-order valence-corrected chi connectivity index (χ1v) is 5.97. The Balaban J connectivity index is 2.04. The van der Waals surface area contributed by atoms with E-state index in [9.17, 15) is 0 Å². The minimum Gasteiger partial charge on any atom is -0.497 e. The Kier molecular flexibility index (Phi) is 2.98. The van der Waals surface area contributed by atoms with E-state index < -0.39 is 0 Å². The maximum Gasteiger partial charge on any atom is 0.118 e. The fourth-order valence-electron chi connectivity index (χ4n) is 1.98. The van der Waals surface area contributed by atoms with Crippen LogP contribution in [0.15, 0.2) is 54.9 Å². The standard InChI is InChI=1S/C15H13N3O/c1-19-12-7-5-11(6-8-12)13-10-17-18-15(13)14-4-2-3-9-16-14/h2-10H,1H3,(H,17,18). The van der Waals surface area contributed by atoms with Crippen molar-refractivity contribution in [1.29, 1.82) is 0 Å². The molecule has 0 fully saturated rings. The zero-order valence-electron chi connectivity index (χ0n) is 10.5. The maximum absolute atomic E-state index is 5.17. The molecule has 4 heteroatoms. The van der Waals surface area contributed by atoms with E-state index in [1.54, 1.807) is 13.3 Å². The Hall–Kier alpha value is -2.62. The summed E-state index contributed by atoms with van der Waals surface area (Å²) >= 11 is 0. The molecule has 0 radical (unpaired) electrons. The fraction of sp³-hybridized carbons (Fsp3) is 0.0667. The molecule has 3 aromatic rings. The van der Waals surface area contributed by atoms with E-state index in [1.807, 2.05) is 48.7 Å². The number of hydrogen-bond acceptors (Lipinski definition) is 3. The van der Waals surface area contributed by atoms with E-state index in [0.29, 0.717) is 0 Å². The van der Waals surface area contributed by atoms with Crippen molar-refractivity contribution in [3.05, 3.63) is 54.9 Å². The molecule has 0 bridgehead atoms. The number of hydrogen-bond donors (Lipinski definition) is 1. The summed E-state index contributed by atoms with van der Waals surface area (Å²) in [5.41, 5.74) is 3.91. The Labute approximate surface area is 111 Å². The second-order valence-electron chi connectivity index (χ2n) is 4.10. The summed E-state index contributed by atoms with van der Waals surface area (Å²) in [5.74, 6) is 0.839. The van der Waals surface area contributed by atoms with Crippen LogP contribution in [-0.2, 0) is 0 Å². The van der Waals surface area contributed by atoms with Crippen molar-refractivity contribution in [2.75, 3.05) is 7.11 Å². The van der Waals surface area contributed by atoms with Gasteiger partial charge in [-0.15, -0.1) is 0 Å². The van der Waals surface area contributed by atoms with E-state index in [1.165, 1.54) is 0 Å². The third-order valence-electron chi connectivity index (χ3n) is 2.96. The van der Waals surface area contributed by atoms with Crippen molar-refractivity contribution in [3.63, 3.8) is 0 Å². The molecule has 0 atom stereocenters. The molecule has 4 nitrogen and oxygen atoms in total. The van der Waals surface area contributed by atoms with Crippen LogP contribution in [0.25, 0.3) is 22.5 Å². The molecule has 0 saturated heterocycles. The number of H-pyrrole nitrogens is 1. The number of benzene rings is 1. The van der Waals surface area contributed by atoms with E-state index in [2.05, 4.69) is 15.2 Å². The number of nitrogens with zero attached hydrogens (tertiary/aromatic N) is 2. The molecule has 19 heavy (non-hydrogen) atoms.